The normalized spacial score (nSPS) is 18.4. The first-order valence-corrected chi connectivity index (χ1v) is 16.6. The summed E-state index contributed by atoms with van der Waals surface area (Å²) in [4.78, 5) is 69.8. The smallest absolute Gasteiger partial charge is 0.410 e. The lowest BCUT2D eigenvalue weighted by Crippen LogP contribution is -2.60. The van der Waals surface area contributed by atoms with E-state index in [1.54, 1.807) is 64.3 Å². The molecule has 2 N–H and O–H groups in total. The number of hydrogen-bond donors (Lipinski definition) is 2. The average molecular weight is 681 g/mol. The number of esters is 1. The molecular weight excluding hydrogens is 632 g/mol. The summed E-state index contributed by atoms with van der Waals surface area (Å²) in [5, 5.41) is 5.87. The van der Waals surface area contributed by atoms with Crippen molar-refractivity contribution in [3.63, 3.8) is 0 Å². The van der Waals surface area contributed by atoms with Gasteiger partial charge in [-0.2, -0.15) is 0 Å². The summed E-state index contributed by atoms with van der Waals surface area (Å²) in [7, 11) is 2.82. The van der Waals surface area contributed by atoms with Gasteiger partial charge in [0.2, 0.25) is 17.7 Å². The number of methoxy groups -OCH3 is 2. The fourth-order valence-electron chi connectivity index (χ4n) is 5.91. The van der Waals surface area contributed by atoms with Crippen LogP contribution < -0.4 is 20.1 Å². The summed E-state index contributed by atoms with van der Waals surface area (Å²) in [6.07, 6.45) is 1.25. The van der Waals surface area contributed by atoms with E-state index >= 15 is 0 Å². The van der Waals surface area contributed by atoms with E-state index in [-0.39, 0.29) is 25.5 Å². The topological polar surface area (TPSA) is 153 Å². The molecule has 13 nitrogen and oxygen atoms in total. The molecule has 1 fully saturated rings. The van der Waals surface area contributed by atoms with Crippen molar-refractivity contribution < 1.29 is 42.9 Å². The maximum Gasteiger partial charge on any atom is 0.410 e. The number of benzene rings is 2. The van der Waals surface area contributed by atoms with Crippen molar-refractivity contribution in [2.24, 2.45) is 5.92 Å². The highest BCUT2D eigenvalue weighted by atomic mass is 16.6. The standard InChI is InChI=1S/C36H48N4O9/c1-8-22(2)31(38-32(42)28-10-9-17-39(28)35(45)49-36(3,4)5)34(44)40-20-24-18-27(48-21-30(41)47-7)14-11-23(24)19-29(40)33(43)37-25-12-15-26(46-6)16-13-25/h11-16,18,22,28-29,31H,8-10,17,19-21H2,1-7H3,(H,37,43)(H,38,42)/t22-,28-,29-,31-/m0/s1. The van der Waals surface area contributed by atoms with Crippen molar-refractivity contribution in [2.75, 3.05) is 32.7 Å². The van der Waals surface area contributed by atoms with Crippen LogP contribution in [0.15, 0.2) is 42.5 Å². The minimum Gasteiger partial charge on any atom is -0.497 e. The van der Waals surface area contributed by atoms with E-state index < -0.39 is 53.5 Å². The highest BCUT2D eigenvalue weighted by molar-refractivity contribution is 5.99. The number of carbonyl (C=O) groups is 5. The predicted octanol–water partition coefficient (Wildman–Crippen LogP) is 4.07. The van der Waals surface area contributed by atoms with Crippen LogP contribution in [0.1, 0.15) is 65.0 Å². The summed E-state index contributed by atoms with van der Waals surface area (Å²) in [6, 6.07) is 9.46. The lowest BCUT2D eigenvalue weighted by Gasteiger charge is -2.39. The van der Waals surface area contributed by atoms with Crippen LogP contribution in [0.2, 0.25) is 0 Å². The number of fused-ring (bicyclic) bond motifs is 1. The Bertz CT molecular complexity index is 1520. The monoisotopic (exact) mass is 680 g/mol. The Kier molecular flexibility index (Phi) is 12.1. The van der Waals surface area contributed by atoms with Crippen molar-refractivity contribution in [3.8, 4) is 11.5 Å². The van der Waals surface area contributed by atoms with Crippen molar-refractivity contribution in [2.45, 2.75) is 90.6 Å². The molecule has 2 aliphatic rings. The van der Waals surface area contributed by atoms with Crippen LogP contribution in [0.3, 0.4) is 0 Å². The molecule has 13 heteroatoms. The van der Waals surface area contributed by atoms with Crippen molar-refractivity contribution >= 4 is 35.5 Å². The summed E-state index contributed by atoms with van der Waals surface area (Å²) in [5.74, 6) is -1.06. The van der Waals surface area contributed by atoms with Crippen LogP contribution in [-0.4, -0.2) is 90.7 Å². The molecule has 4 amide bonds. The maximum atomic E-state index is 14.6. The van der Waals surface area contributed by atoms with Crippen LogP contribution >= 0.6 is 0 Å². The molecule has 266 valence electrons. The number of likely N-dealkylation sites (tertiary alicyclic amines) is 1. The quantitative estimate of drug-likeness (QED) is 0.335. The van der Waals surface area contributed by atoms with E-state index in [4.69, 9.17) is 14.2 Å². The molecule has 2 aromatic rings. The van der Waals surface area contributed by atoms with Gasteiger partial charge in [-0.1, -0.05) is 26.3 Å². The van der Waals surface area contributed by atoms with Gasteiger partial charge in [0, 0.05) is 25.2 Å². The van der Waals surface area contributed by atoms with Gasteiger partial charge >= 0.3 is 12.1 Å². The molecule has 4 rings (SSSR count). The van der Waals surface area contributed by atoms with Crippen LogP contribution in [0.4, 0.5) is 10.5 Å². The molecule has 0 bridgehead atoms. The largest absolute Gasteiger partial charge is 0.497 e. The zero-order valence-corrected chi connectivity index (χ0v) is 29.4. The number of anilines is 1. The van der Waals surface area contributed by atoms with E-state index in [0.29, 0.717) is 43.0 Å². The highest BCUT2D eigenvalue weighted by Crippen LogP contribution is 2.30. The van der Waals surface area contributed by atoms with E-state index in [0.717, 1.165) is 11.1 Å². The van der Waals surface area contributed by atoms with Gasteiger partial charge in [0.15, 0.2) is 6.61 Å². The fraction of sp³-hybridized carbons (Fsp3) is 0.528. The molecule has 4 atom stereocenters. The third-order valence-electron chi connectivity index (χ3n) is 8.80. The minimum atomic E-state index is -0.977. The van der Waals surface area contributed by atoms with Gasteiger partial charge in [-0.15, -0.1) is 0 Å². The van der Waals surface area contributed by atoms with E-state index in [9.17, 15) is 24.0 Å². The predicted molar refractivity (Wildman–Crippen MR) is 181 cm³/mol. The molecule has 2 aliphatic heterocycles. The molecule has 0 aromatic heterocycles. The van der Waals surface area contributed by atoms with Gasteiger partial charge in [0.1, 0.15) is 35.2 Å². The number of nitrogens with zero attached hydrogens (tertiary/aromatic N) is 2. The Balaban J connectivity index is 1.62. The first-order chi connectivity index (χ1) is 23.2. The number of rotatable bonds is 11. The highest BCUT2D eigenvalue weighted by Gasteiger charge is 2.42. The minimum absolute atomic E-state index is 0.0561. The van der Waals surface area contributed by atoms with Gasteiger partial charge in [-0.05, 0) is 87.1 Å². The zero-order valence-electron chi connectivity index (χ0n) is 29.4. The lowest BCUT2D eigenvalue weighted by molar-refractivity contribution is -0.145. The molecule has 2 heterocycles. The van der Waals surface area contributed by atoms with Gasteiger partial charge in [0.05, 0.1) is 14.2 Å². The van der Waals surface area contributed by atoms with Crippen molar-refractivity contribution in [1.82, 2.24) is 15.1 Å². The molecule has 2 aromatic carbocycles. The summed E-state index contributed by atoms with van der Waals surface area (Å²) < 4.78 is 21.0. The molecule has 0 saturated carbocycles. The Morgan fingerprint density at radius 1 is 0.918 bits per heavy atom. The van der Waals surface area contributed by atoms with Crippen LogP contribution in [-0.2, 0) is 41.6 Å². The van der Waals surface area contributed by atoms with Crippen molar-refractivity contribution in [1.29, 1.82) is 0 Å². The first kappa shape index (κ1) is 37.0. The third-order valence-corrected chi connectivity index (χ3v) is 8.80. The second-order valence-corrected chi connectivity index (χ2v) is 13.4. The number of hydrogen-bond acceptors (Lipinski definition) is 9. The number of carbonyl (C=O) groups excluding carboxylic acids is 5. The van der Waals surface area contributed by atoms with E-state index in [2.05, 4.69) is 15.4 Å². The zero-order chi connectivity index (χ0) is 35.9. The van der Waals surface area contributed by atoms with Crippen LogP contribution in [0, 0.1) is 5.92 Å². The van der Waals surface area contributed by atoms with E-state index in [1.807, 2.05) is 19.9 Å². The third kappa shape index (κ3) is 9.42. The molecule has 0 aliphatic carbocycles. The Morgan fingerprint density at radius 2 is 1.61 bits per heavy atom. The second kappa shape index (κ2) is 16.1. The molecule has 0 unspecified atom stereocenters. The molecule has 49 heavy (non-hydrogen) atoms. The van der Waals surface area contributed by atoms with Crippen molar-refractivity contribution in [3.05, 3.63) is 53.6 Å². The number of nitrogens with one attached hydrogen (secondary N) is 2. The van der Waals surface area contributed by atoms with Gasteiger partial charge in [0.25, 0.3) is 0 Å². The molecular formula is C36H48N4O9. The average Bonchev–Trinajstić information content (AvgIpc) is 3.58. The lowest BCUT2D eigenvalue weighted by atomic mass is 9.90. The summed E-state index contributed by atoms with van der Waals surface area (Å²) in [6.45, 7) is 9.22. The Morgan fingerprint density at radius 3 is 2.24 bits per heavy atom. The Hall–Kier alpha value is -4.81. The summed E-state index contributed by atoms with van der Waals surface area (Å²) in [5.41, 5.74) is 1.38. The molecule has 1 saturated heterocycles. The van der Waals surface area contributed by atoms with Crippen LogP contribution in [0.25, 0.3) is 0 Å². The van der Waals surface area contributed by atoms with Gasteiger partial charge in [-0.25, -0.2) is 9.59 Å². The molecule has 0 radical (unpaired) electrons. The Labute approximate surface area is 287 Å². The first-order valence-electron chi connectivity index (χ1n) is 16.6. The molecule has 0 spiro atoms. The number of amides is 4. The summed E-state index contributed by atoms with van der Waals surface area (Å²) >= 11 is 0. The van der Waals surface area contributed by atoms with E-state index in [1.165, 1.54) is 16.9 Å². The second-order valence-electron chi connectivity index (χ2n) is 13.4. The maximum absolute atomic E-state index is 14.6. The number of ether oxygens (including phenoxy) is 4. The fourth-order valence-corrected chi connectivity index (χ4v) is 5.91. The SMILES string of the molecule is CC[C@H](C)[C@H](NC(=O)[C@@H]1CCCN1C(=O)OC(C)(C)C)C(=O)N1Cc2cc(OCC(=O)OC)ccc2C[C@H]1C(=O)Nc1ccc(OC)cc1. The van der Waals surface area contributed by atoms with Gasteiger partial charge < -0.3 is 34.5 Å². The van der Waals surface area contributed by atoms with Gasteiger partial charge in [-0.3, -0.25) is 19.3 Å². The van der Waals surface area contributed by atoms with Crippen LogP contribution in [0.5, 0.6) is 11.5 Å².